The van der Waals surface area contributed by atoms with Crippen LogP contribution >= 0.6 is 11.3 Å². The Bertz CT molecular complexity index is 1850. The molecule has 1 aromatic heterocycles. The molecular formula is C33H23NS. The van der Waals surface area contributed by atoms with Gasteiger partial charge in [0.1, 0.15) is 0 Å². The summed E-state index contributed by atoms with van der Waals surface area (Å²) in [5, 5.41) is 7.79. The van der Waals surface area contributed by atoms with Crippen LogP contribution in [-0.2, 0) is 0 Å². The molecule has 1 nitrogen and oxygen atoms in total. The number of hydrogen-bond acceptors (Lipinski definition) is 2. The van der Waals surface area contributed by atoms with Gasteiger partial charge < -0.3 is 4.90 Å². The minimum Gasteiger partial charge on any atom is -0.310 e. The molecule has 0 bridgehead atoms. The third-order valence-corrected chi connectivity index (χ3v) is 8.07. The topological polar surface area (TPSA) is 3.24 Å². The van der Waals surface area contributed by atoms with Crippen molar-refractivity contribution in [3.05, 3.63) is 127 Å². The fourth-order valence-corrected chi connectivity index (χ4v) is 6.40. The maximum Gasteiger partial charge on any atom is 0.0547 e. The molecule has 0 aliphatic carbocycles. The number of benzene rings is 6. The predicted molar refractivity (Wildman–Crippen MR) is 154 cm³/mol. The monoisotopic (exact) mass is 465 g/mol. The van der Waals surface area contributed by atoms with Gasteiger partial charge in [0.05, 0.1) is 5.69 Å². The number of rotatable bonds is 3. The van der Waals surface area contributed by atoms with Crippen molar-refractivity contribution in [3.63, 3.8) is 0 Å². The molecule has 166 valence electrons. The third kappa shape index (κ3) is 3.30. The van der Waals surface area contributed by atoms with E-state index in [0.717, 1.165) is 11.4 Å². The molecular weight excluding hydrogens is 442 g/mol. The van der Waals surface area contributed by atoms with Crippen molar-refractivity contribution in [3.8, 4) is 0 Å². The molecule has 0 amide bonds. The Balaban J connectivity index is 1.60. The minimum atomic E-state index is 1.16. The van der Waals surface area contributed by atoms with E-state index in [9.17, 15) is 0 Å². The normalized spacial score (nSPS) is 11.6. The van der Waals surface area contributed by atoms with E-state index in [0.29, 0.717) is 0 Å². The fraction of sp³-hybridized carbons (Fsp3) is 0.0303. The van der Waals surface area contributed by atoms with Crippen LogP contribution in [0.4, 0.5) is 17.1 Å². The van der Waals surface area contributed by atoms with E-state index in [4.69, 9.17) is 0 Å². The zero-order chi connectivity index (χ0) is 23.4. The second-order valence-corrected chi connectivity index (χ2v) is 10.2. The molecule has 0 aliphatic heterocycles. The molecule has 0 saturated carbocycles. The molecule has 0 fully saturated rings. The summed E-state index contributed by atoms with van der Waals surface area (Å²) in [6.45, 7) is 2.14. The maximum absolute atomic E-state index is 2.40. The Kier molecular flexibility index (Phi) is 4.61. The fourth-order valence-electron chi connectivity index (χ4n) is 5.15. The Hall–Kier alpha value is -4.14. The van der Waals surface area contributed by atoms with Crippen LogP contribution in [0.15, 0.2) is 121 Å². The number of anilines is 3. The average molecular weight is 466 g/mol. The van der Waals surface area contributed by atoms with Gasteiger partial charge in [0, 0.05) is 42.3 Å². The molecule has 1 heterocycles. The SMILES string of the molecule is Cc1ccc(N(c2ccccc2)c2cc3c4cc5ccccc5cc4sc3c3ccccc23)cc1. The summed E-state index contributed by atoms with van der Waals surface area (Å²) in [6, 6.07) is 44.1. The summed E-state index contributed by atoms with van der Waals surface area (Å²) < 4.78 is 2.69. The van der Waals surface area contributed by atoms with Crippen molar-refractivity contribution in [1.82, 2.24) is 0 Å². The summed E-state index contributed by atoms with van der Waals surface area (Å²) in [4.78, 5) is 2.39. The Morgan fingerprint density at radius 1 is 0.514 bits per heavy atom. The van der Waals surface area contributed by atoms with E-state index >= 15 is 0 Å². The van der Waals surface area contributed by atoms with Crippen molar-refractivity contribution in [1.29, 1.82) is 0 Å². The van der Waals surface area contributed by atoms with Crippen LogP contribution in [-0.4, -0.2) is 0 Å². The Morgan fingerprint density at radius 3 is 1.91 bits per heavy atom. The van der Waals surface area contributed by atoms with Crippen LogP contribution in [0.3, 0.4) is 0 Å². The zero-order valence-electron chi connectivity index (χ0n) is 19.4. The van der Waals surface area contributed by atoms with Gasteiger partial charge in [0.15, 0.2) is 0 Å². The van der Waals surface area contributed by atoms with Crippen molar-refractivity contribution < 1.29 is 0 Å². The van der Waals surface area contributed by atoms with Crippen LogP contribution in [0, 0.1) is 6.92 Å². The second-order valence-electron chi connectivity index (χ2n) is 9.12. The maximum atomic E-state index is 2.40. The van der Waals surface area contributed by atoms with Crippen LogP contribution in [0.5, 0.6) is 0 Å². The molecule has 0 aliphatic rings. The quantitative estimate of drug-likeness (QED) is 0.251. The molecule has 0 spiro atoms. The first kappa shape index (κ1) is 20.3. The van der Waals surface area contributed by atoms with Gasteiger partial charge in [-0.25, -0.2) is 0 Å². The molecule has 0 radical (unpaired) electrons. The lowest BCUT2D eigenvalue weighted by atomic mass is 10.0. The number of aryl methyl sites for hydroxylation is 1. The van der Waals surface area contributed by atoms with Gasteiger partial charge in [-0.3, -0.25) is 0 Å². The van der Waals surface area contributed by atoms with Gasteiger partial charge in [-0.05, 0) is 60.2 Å². The first-order chi connectivity index (χ1) is 17.3. The zero-order valence-corrected chi connectivity index (χ0v) is 20.2. The van der Waals surface area contributed by atoms with Gasteiger partial charge in [-0.15, -0.1) is 11.3 Å². The number of thiophene rings is 1. The molecule has 0 N–H and O–H groups in total. The number of nitrogens with zero attached hydrogens (tertiary/aromatic N) is 1. The molecule has 0 unspecified atom stereocenters. The average Bonchev–Trinajstić information content (AvgIpc) is 3.27. The highest BCUT2D eigenvalue weighted by atomic mass is 32.1. The van der Waals surface area contributed by atoms with Crippen LogP contribution in [0.1, 0.15) is 5.56 Å². The Morgan fingerprint density at radius 2 is 1.14 bits per heavy atom. The number of fused-ring (bicyclic) bond motifs is 6. The highest BCUT2D eigenvalue weighted by Gasteiger charge is 2.19. The van der Waals surface area contributed by atoms with E-state index in [2.05, 4.69) is 133 Å². The smallest absolute Gasteiger partial charge is 0.0547 e. The molecule has 7 aromatic rings. The number of para-hydroxylation sites is 1. The van der Waals surface area contributed by atoms with E-state index in [1.165, 1.54) is 53.0 Å². The van der Waals surface area contributed by atoms with E-state index in [-0.39, 0.29) is 0 Å². The Labute approximate surface area is 208 Å². The van der Waals surface area contributed by atoms with Gasteiger partial charge in [0.25, 0.3) is 0 Å². The highest BCUT2D eigenvalue weighted by molar-refractivity contribution is 7.26. The van der Waals surface area contributed by atoms with Gasteiger partial charge in [-0.2, -0.15) is 0 Å². The van der Waals surface area contributed by atoms with Crippen LogP contribution < -0.4 is 4.90 Å². The minimum absolute atomic E-state index is 1.16. The van der Waals surface area contributed by atoms with E-state index in [1.807, 2.05) is 11.3 Å². The first-order valence-corrected chi connectivity index (χ1v) is 12.8. The summed E-state index contributed by atoms with van der Waals surface area (Å²) in [5.74, 6) is 0. The van der Waals surface area contributed by atoms with E-state index in [1.54, 1.807) is 0 Å². The van der Waals surface area contributed by atoms with Crippen molar-refractivity contribution >= 4 is 70.1 Å². The standard InChI is InChI=1S/C33H23NS/c1-22-15-17-26(18-16-22)34(25-11-3-2-4-12-25)31-21-30-29-19-23-9-5-6-10-24(23)20-32(29)35-33(30)28-14-8-7-13-27(28)31/h2-21H,1H3. The lowest BCUT2D eigenvalue weighted by Crippen LogP contribution is -2.10. The molecule has 35 heavy (non-hydrogen) atoms. The number of hydrogen-bond donors (Lipinski definition) is 0. The predicted octanol–water partition coefficient (Wildman–Crippen LogP) is 10.1. The van der Waals surface area contributed by atoms with Crippen LogP contribution in [0.25, 0.3) is 41.7 Å². The lowest BCUT2D eigenvalue weighted by molar-refractivity contribution is 1.29. The lowest BCUT2D eigenvalue weighted by Gasteiger charge is -2.27. The molecule has 0 atom stereocenters. The molecule has 2 heteroatoms. The second kappa shape index (κ2) is 7.97. The summed E-state index contributed by atoms with van der Waals surface area (Å²) >= 11 is 1.90. The third-order valence-electron chi connectivity index (χ3n) is 6.87. The largest absolute Gasteiger partial charge is 0.310 e. The van der Waals surface area contributed by atoms with Gasteiger partial charge in [0.2, 0.25) is 0 Å². The van der Waals surface area contributed by atoms with E-state index < -0.39 is 0 Å². The van der Waals surface area contributed by atoms with Gasteiger partial charge in [-0.1, -0.05) is 84.4 Å². The van der Waals surface area contributed by atoms with Crippen LogP contribution in [0.2, 0.25) is 0 Å². The molecule has 6 aromatic carbocycles. The van der Waals surface area contributed by atoms with Crippen molar-refractivity contribution in [2.24, 2.45) is 0 Å². The van der Waals surface area contributed by atoms with Crippen molar-refractivity contribution in [2.75, 3.05) is 4.90 Å². The first-order valence-electron chi connectivity index (χ1n) is 11.9. The summed E-state index contributed by atoms with van der Waals surface area (Å²) in [5.41, 5.74) is 4.79. The summed E-state index contributed by atoms with van der Waals surface area (Å²) in [7, 11) is 0. The summed E-state index contributed by atoms with van der Waals surface area (Å²) in [6.07, 6.45) is 0. The van der Waals surface area contributed by atoms with Crippen molar-refractivity contribution in [2.45, 2.75) is 6.92 Å². The molecule has 7 rings (SSSR count). The molecule has 0 saturated heterocycles. The highest BCUT2D eigenvalue weighted by Crippen LogP contribution is 2.46. The van der Waals surface area contributed by atoms with Gasteiger partial charge >= 0.3 is 0 Å².